The zero-order chi connectivity index (χ0) is 35.9. The molecule has 0 radical (unpaired) electrons. The molecule has 14 rings (SSSR count). The molecule has 7 aromatic carbocycles. The van der Waals surface area contributed by atoms with Crippen LogP contribution >= 0.6 is 0 Å². The van der Waals surface area contributed by atoms with Crippen LogP contribution in [0, 0.1) is 23.7 Å². The lowest BCUT2D eigenvalue weighted by atomic mass is 9.51. The van der Waals surface area contributed by atoms with Crippen molar-refractivity contribution >= 4 is 38.6 Å². The summed E-state index contributed by atoms with van der Waals surface area (Å²) >= 11 is 0. The van der Waals surface area contributed by atoms with Crippen molar-refractivity contribution in [3.05, 3.63) is 162 Å². The topological polar surface area (TPSA) is 3.24 Å². The van der Waals surface area contributed by atoms with Gasteiger partial charge in [0.05, 0.1) is 5.69 Å². The maximum atomic E-state index is 2.65. The van der Waals surface area contributed by atoms with Gasteiger partial charge in [0, 0.05) is 27.8 Å². The Balaban J connectivity index is 1.07. The Morgan fingerprint density at radius 3 is 2.07 bits per heavy atom. The summed E-state index contributed by atoms with van der Waals surface area (Å²) in [6, 6.07) is 54.7. The Kier molecular flexibility index (Phi) is 6.35. The molecule has 268 valence electrons. The summed E-state index contributed by atoms with van der Waals surface area (Å²) in [6.07, 6.45) is 13.6. The van der Waals surface area contributed by atoms with Crippen LogP contribution in [0.5, 0.6) is 0 Å². The molecule has 7 aliphatic rings. The fourth-order valence-corrected chi connectivity index (χ4v) is 14.2. The number of hydrogen-bond acceptors (Lipinski definition) is 1. The second kappa shape index (κ2) is 11.2. The van der Waals surface area contributed by atoms with Crippen molar-refractivity contribution in [2.45, 2.75) is 75.0 Å². The molecule has 5 saturated carbocycles. The van der Waals surface area contributed by atoms with Crippen LogP contribution in [0.15, 0.2) is 140 Å². The van der Waals surface area contributed by atoms with E-state index in [1.54, 1.807) is 22.3 Å². The van der Waals surface area contributed by atoms with E-state index < -0.39 is 0 Å². The monoisotopic (exact) mass is 709 g/mol. The molecular weight excluding hydrogens is 663 g/mol. The Bertz CT molecular complexity index is 2720. The summed E-state index contributed by atoms with van der Waals surface area (Å²) in [7, 11) is 0. The van der Waals surface area contributed by atoms with Gasteiger partial charge in [-0.2, -0.15) is 0 Å². The molecule has 5 atom stereocenters. The van der Waals surface area contributed by atoms with Crippen LogP contribution in [0.1, 0.15) is 86.5 Å². The minimum atomic E-state index is 0.118. The van der Waals surface area contributed by atoms with Crippen LogP contribution in [0.4, 0.5) is 17.1 Å². The maximum absolute atomic E-state index is 2.65. The predicted molar refractivity (Wildman–Crippen MR) is 229 cm³/mol. The molecule has 0 aliphatic heterocycles. The molecule has 0 amide bonds. The van der Waals surface area contributed by atoms with Crippen molar-refractivity contribution in [1.29, 1.82) is 0 Å². The molecule has 4 bridgehead atoms. The lowest BCUT2D eigenvalue weighted by Crippen LogP contribution is -2.48. The number of rotatable bonds is 3. The van der Waals surface area contributed by atoms with Crippen LogP contribution in [0.3, 0.4) is 0 Å². The maximum Gasteiger partial charge on any atom is 0.0543 e. The molecule has 0 N–H and O–H groups in total. The van der Waals surface area contributed by atoms with E-state index in [2.05, 4.69) is 144 Å². The quantitative estimate of drug-likeness (QED) is 0.165. The molecule has 1 nitrogen and oxygen atoms in total. The van der Waals surface area contributed by atoms with Crippen LogP contribution < -0.4 is 4.90 Å². The van der Waals surface area contributed by atoms with Gasteiger partial charge in [0.2, 0.25) is 0 Å². The minimum absolute atomic E-state index is 0.118. The number of hydrogen-bond donors (Lipinski definition) is 0. The normalized spacial score (nSPS) is 26.0. The van der Waals surface area contributed by atoms with Gasteiger partial charge in [-0.3, -0.25) is 0 Å². The fraction of sp³-hybridized carbons (Fsp3) is 0.296. The molecule has 55 heavy (non-hydrogen) atoms. The molecular formula is C54H47N. The summed E-state index contributed by atoms with van der Waals surface area (Å²) in [6.45, 7) is 0. The summed E-state index contributed by atoms with van der Waals surface area (Å²) in [5, 5.41) is 5.23. The molecule has 5 fully saturated rings. The third kappa shape index (κ3) is 4.05. The van der Waals surface area contributed by atoms with Gasteiger partial charge in [-0.1, -0.05) is 128 Å². The van der Waals surface area contributed by atoms with E-state index >= 15 is 0 Å². The van der Waals surface area contributed by atoms with Crippen LogP contribution in [-0.4, -0.2) is 0 Å². The van der Waals surface area contributed by atoms with E-state index in [4.69, 9.17) is 0 Å². The first-order valence-electron chi connectivity index (χ1n) is 21.4. The van der Waals surface area contributed by atoms with E-state index in [9.17, 15) is 0 Å². The predicted octanol–water partition coefficient (Wildman–Crippen LogP) is 14.4. The molecule has 1 heteroatoms. The van der Waals surface area contributed by atoms with E-state index in [1.165, 1.54) is 125 Å². The smallest absolute Gasteiger partial charge is 0.0543 e. The molecule has 5 unspecified atom stereocenters. The van der Waals surface area contributed by atoms with Gasteiger partial charge in [-0.25, -0.2) is 0 Å². The highest BCUT2D eigenvalue weighted by Crippen LogP contribution is 2.69. The van der Waals surface area contributed by atoms with Crippen molar-refractivity contribution in [2.24, 2.45) is 23.7 Å². The molecule has 7 aromatic rings. The highest BCUT2D eigenvalue weighted by Gasteiger charge is 2.60. The fourth-order valence-electron chi connectivity index (χ4n) is 14.2. The van der Waals surface area contributed by atoms with Crippen LogP contribution in [-0.2, 0) is 10.8 Å². The highest BCUT2D eigenvalue weighted by atomic mass is 15.1. The standard InChI is InChI=1S/C54H47N/c1-2-11-42-36(10-1)19-20-37-32-40(22-24-43(37)42)55(41-23-25-48-46(33-41)44-12-3-5-14-47(44)53(48)26-7-8-27-53)51-17-9-16-50-52(51)45-13-4-6-15-49(45)54(50)38-21-18-34-28-35(30-38)31-39(54)29-34/h1-6,9-17,19-20,22-25,32-35,38-39H,7-8,18,21,26-31H2. The average Bonchev–Trinajstić information content (AvgIpc) is 3.87. The highest BCUT2D eigenvalue weighted by molar-refractivity contribution is 6.09. The molecule has 0 heterocycles. The third-order valence-electron chi connectivity index (χ3n) is 16.1. The summed E-state index contributed by atoms with van der Waals surface area (Å²) in [5.41, 5.74) is 16.3. The number of benzene rings is 7. The van der Waals surface area contributed by atoms with E-state index in [-0.39, 0.29) is 10.8 Å². The summed E-state index contributed by atoms with van der Waals surface area (Å²) in [4.78, 5) is 2.65. The second-order valence-electron chi connectivity index (χ2n) is 18.4. The Morgan fingerprint density at radius 1 is 0.455 bits per heavy atom. The lowest BCUT2D eigenvalue weighted by molar-refractivity contribution is 0.0618. The van der Waals surface area contributed by atoms with Crippen molar-refractivity contribution in [1.82, 2.24) is 0 Å². The van der Waals surface area contributed by atoms with E-state index in [0.29, 0.717) is 0 Å². The van der Waals surface area contributed by atoms with Gasteiger partial charge in [-0.05, 0) is 159 Å². The van der Waals surface area contributed by atoms with Crippen molar-refractivity contribution < 1.29 is 0 Å². The minimum Gasteiger partial charge on any atom is -0.310 e. The van der Waals surface area contributed by atoms with Gasteiger partial charge in [0.15, 0.2) is 0 Å². The van der Waals surface area contributed by atoms with Gasteiger partial charge in [0.1, 0.15) is 0 Å². The van der Waals surface area contributed by atoms with Gasteiger partial charge in [0.25, 0.3) is 0 Å². The molecule has 7 aliphatic carbocycles. The SMILES string of the molecule is c1ccc2c(c1)-c1cc(N(c3ccc4c(ccc5ccccc54)c3)c3cccc4c3-c3ccccc3C43C4CCC5CC(C4)CC3C5)ccc1C21CCCC1. The first-order valence-corrected chi connectivity index (χ1v) is 21.4. The zero-order valence-corrected chi connectivity index (χ0v) is 31.6. The summed E-state index contributed by atoms with van der Waals surface area (Å²) in [5.74, 6) is 3.29. The van der Waals surface area contributed by atoms with E-state index in [1.807, 2.05) is 0 Å². The zero-order valence-electron chi connectivity index (χ0n) is 31.6. The Morgan fingerprint density at radius 2 is 1.15 bits per heavy atom. The van der Waals surface area contributed by atoms with Gasteiger partial charge in [-0.15, -0.1) is 0 Å². The summed E-state index contributed by atoms with van der Waals surface area (Å²) < 4.78 is 0. The van der Waals surface area contributed by atoms with Gasteiger partial charge < -0.3 is 4.90 Å². The number of fused-ring (bicyclic) bond motifs is 12. The molecule has 0 saturated heterocycles. The van der Waals surface area contributed by atoms with E-state index in [0.717, 1.165) is 23.7 Å². The van der Waals surface area contributed by atoms with Crippen molar-refractivity contribution in [3.8, 4) is 22.3 Å². The van der Waals surface area contributed by atoms with Gasteiger partial charge >= 0.3 is 0 Å². The molecule has 0 aromatic heterocycles. The number of nitrogens with zero attached hydrogens (tertiary/aromatic N) is 1. The lowest BCUT2D eigenvalue weighted by Gasteiger charge is -2.53. The van der Waals surface area contributed by atoms with Crippen molar-refractivity contribution in [2.75, 3.05) is 4.90 Å². The third-order valence-corrected chi connectivity index (χ3v) is 16.1. The second-order valence-corrected chi connectivity index (χ2v) is 18.4. The first kappa shape index (κ1) is 31.1. The Labute approximate surface area is 325 Å². The largest absolute Gasteiger partial charge is 0.310 e. The first-order chi connectivity index (χ1) is 27.2. The van der Waals surface area contributed by atoms with Crippen LogP contribution in [0.25, 0.3) is 43.8 Å². The number of anilines is 3. The molecule has 2 spiro atoms. The average molecular weight is 710 g/mol. The Hall–Kier alpha value is -5.14. The van der Waals surface area contributed by atoms with Crippen LogP contribution in [0.2, 0.25) is 0 Å². The van der Waals surface area contributed by atoms with Crippen molar-refractivity contribution in [3.63, 3.8) is 0 Å².